The van der Waals surface area contributed by atoms with Gasteiger partial charge in [-0.25, -0.2) is 4.79 Å². The van der Waals surface area contributed by atoms with Crippen molar-refractivity contribution in [3.05, 3.63) is 35.4 Å². The van der Waals surface area contributed by atoms with Gasteiger partial charge in [-0.05, 0) is 50.2 Å². The lowest BCUT2D eigenvalue weighted by molar-refractivity contribution is 0.154. The van der Waals surface area contributed by atoms with Gasteiger partial charge in [0.05, 0.1) is 7.11 Å². The number of methoxy groups -OCH3 is 1. The van der Waals surface area contributed by atoms with E-state index in [9.17, 15) is 4.79 Å². The zero-order chi connectivity index (χ0) is 18.5. The minimum Gasteiger partial charge on any atom is -0.453 e. The molecule has 0 radical (unpaired) electrons. The van der Waals surface area contributed by atoms with Gasteiger partial charge in [-0.1, -0.05) is 70.2 Å². The van der Waals surface area contributed by atoms with Crippen LogP contribution >= 0.6 is 0 Å². The Balaban J connectivity index is 2.37. The van der Waals surface area contributed by atoms with Crippen LogP contribution < -0.4 is 5.32 Å². The monoisotopic (exact) mass is 347 g/mol. The van der Waals surface area contributed by atoms with Gasteiger partial charge in [0.25, 0.3) is 0 Å². The van der Waals surface area contributed by atoms with E-state index in [2.05, 4.69) is 50.4 Å². The maximum absolute atomic E-state index is 11.5. The number of ether oxygens (including phenoxy) is 1. The molecule has 0 fully saturated rings. The highest BCUT2D eigenvalue weighted by Gasteiger charge is 2.24. The first-order chi connectivity index (χ1) is 12.0. The van der Waals surface area contributed by atoms with Gasteiger partial charge in [0, 0.05) is 5.54 Å². The highest BCUT2D eigenvalue weighted by molar-refractivity contribution is 5.67. The van der Waals surface area contributed by atoms with Crippen molar-refractivity contribution in [2.75, 3.05) is 7.11 Å². The molecule has 25 heavy (non-hydrogen) atoms. The number of carbonyl (C=O) groups is 1. The third-order valence-corrected chi connectivity index (χ3v) is 5.18. The number of alkyl carbamates (subject to hydrolysis) is 1. The maximum atomic E-state index is 11.5. The molecule has 0 saturated carbocycles. The number of hydrogen-bond donors (Lipinski definition) is 1. The molecule has 3 heteroatoms. The van der Waals surface area contributed by atoms with Crippen LogP contribution in [0.1, 0.15) is 83.3 Å². The van der Waals surface area contributed by atoms with E-state index in [4.69, 9.17) is 4.74 Å². The van der Waals surface area contributed by atoms with Crippen molar-refractivity contribution in [2.24, 2.45) is 0 Å². The van der Waals surface area contributed by atoms with E-state index in [-0.39, 0.29) is 11.6 Å². The molecule has 0 aliphatic carbocycles. The number of aryl methyl sites for hydroxylation is 2. The van der Waals surface area contributed by atoms with E-state index < -0.39 is 0 Å². The van der Waals surface area contributed by atoms with Crippen LogP contribution in [0, 0.1) is 0 Å². The van der Waals surface area contributed by atoms with E-state index in [0.29, 0.717) is 0 Å². The van der Waals surface area contributed by atoms with E-state index in [1.54, 1.807) is 0 Å². The zero-order valence-corrected chi connectivity index (χ0v) is 16.7. The molecule has 0 aliphatic heterocycles. The second kappa shape index (κ2) is 11.9. The summed E-state index contributed by atoms with van der Waals surface area (Å²) in [7, 11) is 1.41. The summed E-state index contributed by atoms with van der Waals surface area (Å²) in [5.41, 5.74) is 2.55. The van der Waals surface area contributed by atoms with Crippen LogP contribution in [0.5, 0.6) is 0 Å². The van der Waals surface area contributed by atoms with Crippen LogP contribution in [0.2, 0.25) is 0 Å². The molecule has 1 aromatic rings. The van der Waals surface area contributed by atoms with Gasteiger partial charge in [-0.3, -0.25) is 0 Å². The second-order valence-electron chi connectivity index (χ2n) is 7.37. The number of unbranched alkanes of at least 4 members (excludes halogenated alkanes) is 5. The fraction of sp³-hybridized carbons (Fsp3) is 0.682. The number of carbonyl (C=O) groups excluding carboxylic acids is 1. The molecule has 0 heterocycles. The van der Waals surface area contributed by atoms with Crippen LogP contribution in [0.25, 0.3) is 0 Å². The Kier molecular flexibility index (Phi) is 10.3. The Hall–Kier alpha value is -1.51. The van der Waals surface area contributed by atoms with Crippen molar-refractivity contribution in [1.82, 2.24) is 5.32 Å². The predicted octanol–water partition coefficient (Wildman–Crippen LogP) is 6.05. The molecule has 3 nitrogen and oxygen atoms in total. The summed E-state index contributed by atoms with van der Waals surface area (Å²) < 4.78 is 4.73. The van der Waals surface area contributed by atoms with Crippen LogP contribution in [0.3, 0.4) is 0 Å². The van der Waals surface area contributed by atoms with E-state index >= 15 is 0 Å². The predicted molar refractivity (Wildman–Crippen MR) is 106 cm³/mol. The van der Waals surface area contributed by atoms with Gasteiger partial charge in [0.2, 0.25) is 0 Å². The molecule has 1 rings (SSSR count). The molecule has 1 aromatic carbocycles. The first-order valence-corrected chi connectivity index (χ1v) is 9.97. The standard InChI is InChI=1S/C22H37NO2/c1-5-7-8-9-10-11-12-19-13-15-20(16-14-19)17-18-22(3,6-2)23-21(24)25-4/h13-16H,5-12,17-18H2,1-4H3,(H,23,24). The van der Waals surface area contributed by atoms with Gasteiger partial charge in [-0.2, -0.15) is 0 Å². The largest absolute Gasteiger partial charge is 0.453 e. The minimum absolute atomic E-state index is 0.218. The Bertz CT molecular complexity index is 483. The summed E-state index contributed by atoms with van der Waals surface area (Å²) in [6, 6.07) is 9.00. The first kappa shape index (κ1) is 21.5. The van der Waals surface area contributed by atoms with Crippen molar-refractivity contribution in [1.29, 1.82) is 0 Å². The molecule has 1 atom stereocenters. The molecule has 142 valence electrons. The lowest BCUT2D eigenvalue weighted by Gasteiger charge is -2.29. The molecule has 1 unspecified atom stereocenters. The smallest absolute Gasteiger partial charge is 0.407 e. The topological polar surface area (TPSA) is 38.3 Å². The summed E-state index contributed by atoms with van der Waals surface area (Å²) >= 11 is 0. The van der Waals surface area contributed by atoms with E-state index in [1.165, 1.54) is 63.2 Å². The summed E-state index contributed by atoms with van der Waals surface area (Å²) in [5, 5.41) is 2.96. The highest BCUT2D eigenvalue weighted by atomic mass is 16.5. The Labute approximate surface area is 154 Å². The Morgan fingerprint density at radius 2 is 1.52 bits per heavy atom. The van der Waals surface area contributed by atoms with E-state index in [0.717, 1.165) is 19.3 Å². The minimum atomic E-state index is -0.348. The lowest BCUT2D eigenvalue weighted by atomic mass is 9.90. The fourth-order valence-electron chi connectivity index (χ4n) is 3.03. The second-order valence-corrected chi connectivity index (χ2v) is 7.37. The summed E-state index contributed by atoms with van der Waals surface area (Å²) in [6.45, 7) is 6.44. The first-order valence-electron chi connectivity index (χ1n) is 9.97. The average molecular weight is 348 g/mol. The summed E-state index contributed by atoms with van der Waals surface area (Å²) in [5.74, 6) is 0. The van der Waals surface area contributed by atoms with E-state index in [1.807, 2.05) is 0 Å². The Morgan fingerprint density at radius 3 is 2.08 bits per heavy atom. The molecular weight excluding hydrogens is 310 g/mol. The highest BCUT2D eigenvalue weighted by Crippen LogP contribution is 2.19. The van der Waals surface area contributed by atoms with Crippen LogP contribution in [-0.4, -0.2) is 18.7 Å². The zero-order valence-electron chi connectivity index (χ0n) is 16.7. The quantitative estimate of drug-likeness (QED) is 0.468. The average Bonchev–Trinajstić information content (AvgIpc) is 2.63. The van der Waals surface area contributed by atoms with Crippen LogP contribution in [0.15, 0.2) is 24.3 Å². The maximum Gasteiger partial charge on any atom is 0.407 e. The number of nitrogens with one attached hydrogen (secondary N) is 1. The van der Waals surface area contributed by atoms with Crippen LogP contribution in [0.4, 0.5) is 4.79 Å². The van der Waals surface area contributed by atoms with Gasteiger partial charge >= 0.3 is 6.09 Å². The fourth-order valence-corrected chi connectivity index (χ4v) is 3.03. The number of benzene rings is 1. The van der Waals surface area contributed by atoms with Gasteiger partial charge in [0.15, 0.2) is 0 Å². The molecule has 1 amide bonds. The number of rotatable bonds is 12. The summed E-state index contributed by atoms with van der Waals surface area (Å²) in [6.07, 6.45) is 11.7. The van der Waals surface area contributed by atoms with Crippen molar-refractivity contribution < 1.29 is 9.53 Å². The van der Waals surface area contributed by atoms with Gasteiger partial charge in [0.1, 0.15) is 0 Å². The van der Waals surface area contributed by atoms with Gasteiger partial charge < -0.3 is 10.1 Å². The van der Waals surface area contributed by atoms with Crippen molar-refractivity contribution >= 4 is 6.09 Å². The number of hydrogen-bond acceptors (Lipinski definition) is 2. The summed E-state index contributed by atoms with van der Waals surface area (Å²) in [4.78, 5) is 11.5. The molecule has 0 aromatic heterocycles. The molecule has 0 saturated heterocycles. The lowest BCUT2D eigenvalue weighted by Crippen LogP contribution is -2.45. The molecule has 0 bridgehead atoms. The van der Waals surface area contributed by atoms with Crippen molar-refractivity contribution in [3.8, 4) is 0 Å². The van der Waals surface area contributed by atoms with Crippen molar-refractivity contribution in [3.63, 3.8) is 0 Å². The third-order valence-electron chi connectivity index (χ3n) is 5.18. The normalized spacial score (nSPS) is 13.3. The van der Waals surface area contributed by atoms with Crippen LogP contribution in [-0.2, 0) is 17.6 Å². The van der Waals surface area contributed by atoms with Gasteiger partial charge in [-0.15, -0.1) is 0 Å². The Morgan fingerprint density at radius 1 is 0.960 bits per heavy atom. The molecular formula is C22H37NO2. The SMILES string of the molecule is CCCCCCCCc1ccc(CCC(C)(CC)NC(=O)OC)cc1. The van der Waals surface area contributed by atoms with Crippen molar-refractivity contribution in [2.45, 2.75) is 90.5 Å². The molecule has 0 spiro atoms. The number of amides is 1. The third kappa shape index (κ3) is 8.94. The molecule has 1 N–H and O–H groups in total. The molecule has 0 aliphatic rings.